The summed E-state index contributed by atoms with van der Waals surface area (Å²) in [7, 11) is 0. The Balaban J connectivity index is 1.45. The number of aromatic amines is 2. The van der Waals surface area contributed by atoms with Crippen LogP contribution >= 0.6 is 0 Å². The van der Waals surface area contributed by atoms with E-state index in [1.54, 1.807) is 0 Å². The first-order valence-electron chi connectivity index (χ1n) is 10.2. The second-order valence-corrected chi connectivity index (χ2v) is 7.78. The molecule has 3 heterocycles. The SMILES string of the molecule is Cc1cccc2[nH]c(CN(Cc3ccccn3)Cc3nc4c(C)cccc4[nH]3)nc12. The minimum absolute atomic E-state index is 0.681. The third kappa shape index (κ3) is 3.69. The summed E-state index contributed by atoms with van der Waals surface area (Å²) < 4.78 is 0. The Morgan fingerprint density at radius 3 is 1.80 bits per heavy atom. The normalized spacial score (nSPS) is 11.7. The lowest BCUT2D eigenvalue weighted by Crippen LogP contribution is -2.24. The maximum Gasteiger partial charge on any atom is 0.121 e. The van der Waals surface area contributed by atoms with Crippen LogP contribution in [0.25, 0.3) is 22.1 Å². The summed E-state index contributed by atoms with van der Waals surface area (Å²) in [5, 5.41) is 0. The Morgan fingerprint density at radius 1 is 0.700 bits per heavy atom. The van der Waals surface area contributed by atoms with E-state index in [-0.39, 0.29) is 0 Å². The lowest BCUT2D eigenvalue weighted by atomic mass is 10.2. The van der Waals surface area contributed by atoms with Crippen LogP contribution in [-0.4, -0.2) is 29.8 Å². The number of benzene rings is 2. The zero-order chi connectivity index (χ0) is 20.5. The second-order valence-electron chi connectivity index (χ2n) is 7.78. The van der Waals surface area contributed by atoms with Gasteiger partial charge in [-0.05, 0) is 49.2 Å². The third-order valence-corrected chi connectivity index (χ3v) is 5.39. The summed E-state index contributed by atoms with van der Waals surface area (Å²) in [5.41, 5.74) is 7.59. The smallest absolute Gasteiger partial charge is 0.121 e. The number of pyridine rings is 1. The molecule has 0 unspecified atom stereocenters. The maximum atomic E-state index is 4.84. The minimum Gasteiger partial charge on any atom is -0.341 e. The van der Waals surface area contributed by atoms with Gasteiger partial charge >= 0.3 is 0 Å². The molecule has 3 aromatic heterocycles. The standard InChI is InChI=1S/C24H24N6/c1-16-7-5-10-19-23(16)28-21(26-19)14-30(13-18-9-3-4-12-25-18)15-22-27-20-11-6-8-17(2)24(20)29-22/h3-12H,13-15H2,1-2H3,(H,26,28)(H,27,29). The van der Waals surface area contributed by atoms with Gasteiger partial charge in [-0.1, -0.05) is 30.3 Å². The van der Waals surface area contributed by atoms with Crippen LogP contribution in [0.2, 0.25) is 0 Å². The highest BCUT2D eigenvalue weighted by molar-refractivity contribution is 5.79. The number of rotatable bonds is 6. The molecule has 5 rings (SSSR count). The molecule has 0 fully saturated rings. The van der Waals surface area contributed by atoms with Gasteiger partial charge < -0.3 is 9.97 Å². The fourth-order valence-electron chi connectivity index (χ4n) is 3.92. The molecule has 0 saturated carbocycles. The van der Waals surface area contributed by atoms with Crippen molar-refractivity contribution < 1.29 is 0 Å². The highest BCUT2D eigenvalue weighted by Crippen LogP contribution is 2.20. The summed E-state index contributed by atoms with van der Waals surface area (Å²) in [6, 6.07) is 18.5. The van der Waals surface area contributed by atoms with Crippen LogP contribution in [0.4, 0.5) is 0 Å². The minimum atomic E-state index is 0.681. The van der Waals surface area contributed by atoms with Gasteiger partial charge in [-0.25, -0.2) is 9.97 Å². The Morgan fingerprint density at radius 2 is 1.30 bits per heavy atom. The number of fused-ring (bicyclic) bond motifs is 2. The van der Waals surface area contributed by atoms with Crippen molar-refractivity contribution in [3.05, 3.63) is 89.3 Å². The molecule has 0 amide bonds. The molecule has 30 heavy (non-hydrogen) atoms. The highest BCUT2D eigenvalue weighted by atomic mass is 15.2. The molecule has 2 aromatic carbocycles. The third-order valence-electron chi connectivity index (χ3n) is 5.39. The van der Waals surface area contributed by atoms with Gasteiger partial charge in [-0.2, -0.15) is 0 Å². The van der Waals surface area contributed by atoms with Gasteiger partial charge in [0, 0.05) is 12.7 Å². The summed E-state index contributed by atoms with van der Waals surface area (Å²) in [4.78, 5) is 23.4. The van der Waals surface area contributed by atoms with Crippen molar-refractivity contribution in [2.45, 2.75) is 33.5 Å². The number of nitrogens with zero attached hydrogens (tertiary/aromatic N) is 4. The largest absolute Gasteiger partial charge is 0.341 e. The number of H-pyrrole nitrogens is 2. The van der Waals surface area contributed by atoms with E-state index in [9.17, 15) is 0 Å². The van der Waals surface area contributed by atoms with Gasteiger partial charge in [0.05, 0.1) is 40.9 Å². The molecule has 0 saturated heterocycles. The topological polar surface area (TPSA) is 73.5 Å². The van der Waals surface area contributed by atoms with Crippen LogP contribution in [0.3, 0.4) is 0 Å². The van der Waals surface area contributed by atoms with Crippen LogP contribution in [0, 0.1) is 13.8 Å². The number of imidazole rings is 2. The Bertz CT molecular complexity index is 1220. The molecule has 0 spiro atoms. The average molecular weight is 396 g/mol. The van der Waals surface area contributed by atoms with Crippen LogP contribution < -0.4 is 0 Å². The van der Waals surface area contributed by atoms with E-state index in [1.807, 2.05) is 18.3 Å². The van der Waals surface area contributed by atoms with E-state index >= 15 is 0 Å². The van der Waals surface area contributed by atoms with E-state index in [1.165, 1.54) is 11.1 Å². The lowest BCUT2D eigenvalue weighted by molar-refractivity contribution is 0.234. The Kier molecular flexibility index (Phi) is 4.77. The van der Waals surface area contributed by atoms with Crippen molar-refractivity contribution in [1.82, 2.24) is 29.8 Å². The highest BCUT2D eigenvalue weighted by Gasteiger charge is 2.15. The lowest BCUT2D eigenvalue weighted by Gasteiger charge is -2.19. The van der Waals surface area contributed by atoms with Crippen molar-refractivity contribution in [3.63, 3.8) is 0 Å². The molecule has 0 radical (unpaired) electrons. The van der Waals surface area contributed by atoms with Crippen LogP contribution in [0.15, 0.2) is 60.8 Å². The van der Waals surface area contributed by atoms with Gasteiger partial charge in [0.2, 0.25) is 0 Å². The number of hydrogen-bond acceptors (Lipinski definition) is 4. The van der Waals surface area contributed by atoms with E-state index in [0.29, 0.717) is 19.6 Å². The molecule has 150 valence electrons. The maximum absolute atomic E-state index is 4.84. The fraction of sp³-hybridized carbons (Fsp3) is 0.208. The Labute approximate surface area is 175 Å². The number of para-hydroxylation sites is 2. The summed E-state index contributed by atoms with van der Waals surface area (Å²) >= 11 is 0. The van der Waals surface area contributed by atoms with Gasteiger partial charge in [0.15, 0.2) is 0 Å². The first-order valence-corrected chi connectivity index (χ1v) is 10.2. The van der Waals surface area contributed by atoms with Crippen molar-refractivity contribution in [3.8, 4) is 0 Å². The van der Waals surface area contributed by atoms with Crippen LogP contribution in [0.5, 0.6) is 0 Å². The predicted octanol–water partition coefficient (Wildman–Crippen LogP) is 4.65. The van der Waals surface area contributed by atoms with E-state index in [2.05, 4.69) is 76.2 Å². The van der Waals surface area contributed by atoms with Crippen molar-refractivity contribution in [1.29, 1.82) is 0 Å². The van der Waals surface area contributed by atoms with Crippen molar-refractivity contribution in [2.75, 3.05) is 0 Å². The zero-order valence-corrected chi connectivity index (χ0v) is 17.2. The molecule has 0 atom stereocenters. The van der Waals surface area contributed by atoms with E-state index in [0.717, 1.165) is 39.4 Å². The van der Waals surface area contributed by atoms with Crippen LogP contribution in [-0.2, 0) is 19.6 Å². The monoisotopic (exact) mass is 396 g/mol. The molecule has 2 N–H and O–H groups in total. The first-order chi connectivity index (χ1) is 14.7. The summed E-state index contributed by atoms with van der Waals surface area (Å²) in [6.45, 7) is 6.26. The molecule has 0 aliphatic carbocycles. The average Bonchev–Trinajstić information content (AvgIpc) is 3.34. The molecule has 5 aromatic rings. The predicted molar refractivity (Wildman–Crippen MR) is 119 cm³/mol. The Hall–Kier alpha value is -3.51. The van der Waals surface area contributed by atoms with Gasteiger partial charge in [0.25, 0.3) is 0 Å². The van der Waals surface area contributed by atoms with E-state index < -0.39 is 0 Å². The molecule has 6 heteroatoms. The second kappa shape index (κ2) is 7.72. The van der Waals surface area contributed by atoms with E-state index in [4.69, 9.17) is 9.97 Å². The molecule has 0 bridgehead atoms. The van der Waals surface area contributed by atoms with Crippen LogP contribution in [0.1, 0.15) is 28.5 Å². The van der Waals surface area contributed by atoms with Gasteiger partial charge in [-0.3, -0.25) is 9.88 Å². The summed E-state index contributed by atoms with van der Waals surface area (Å²) in [6.07, 6.45) is 1.84. The molecular formula is C24H24N6. The van der Waals surface area contributed by atoms with Gasteiger partial charge in [-0.15, -0.1) is 0 Å². The van der Waals surface area contributed by atoms with Crippen molar-refractivity contribution >= 4 is 22.1 Å². The fourth-order valence-corrected chi connectivity index (χ4v) is 3.92. The quantitative estimate of drug-likeness (QED) is 0.438. The molecular weight excluding hydrogens is 372 g/mol. The molecule has 6 nitrogen and oxygen atoms in total. The number of hydrogen-bond donors (Lipinski definition) is 2. The van der Waals surface area contributed by atoms with Crippen molar-refractivity contribution in [2.24, 2.45) is 0 Å². The molecule has 0 aliphatic rings. The number of aryl methyl sites for hydroxylation is 2. The number of aromatic nitrogens is 5. The number of nitrogens with one attached hydrogen (secondary N) is 2. The molecule has 0 aliphatic heterocycles. The van der Waals surface area contributed by atoms with Gasteiger partial charge in [0.1, 0.15) is 11.6 Å². The first kappa shape index (κ1) is 18.5. The zero-order valence-electron chi connectivity index (χ0n) is 17.2. The summed E-state index contributed by atoms with van der Waals surface area (Å²) in [5.74, 6) is 1.89.